The second-order valence-electron chi connectivity index (χ2n) is 13.1. The normalized spacial score (nSPS) is 41.3. The van der Waals surface area contributed by atoms with Gasteiger partial charge < -0.3 is 9.84 Å². The van der Waals surface area contributed by atoms with E-state index in [0.29, 0.717) is 29.2 Å². The molecule has 1 aromatic heterocycles. The molecule has 0 bridgehead atoms. The maximum atomic E-state index is 14.1. The fraction of sp³-hybridized carbons (Fsp3) is 0.759. The highest BCUT2D eigenvalue weighted by Gasteiger charge is 2.63. The van der Waals surface area contributed by atoms with Gasteiger partial charge in [-0.3, -0.25) is 4.79 Å². The fourth-order valence-corrected chi connectivity index (χ4v) is 9.67. The van der Waals surface area contributed by atoms with Crippen molar-refractivity contribution >= 4 is 16.8 Å². The average molecular weight is 516 g/mol. The molecule has 37 heavy (non-hydrogen) atoms. The number of aromatic nitrogens is 3. The quantitative estimate of drug-likeness (QED) is 0.584. The molecule has 4 aliphatic carbocycles. The zero-order valence-corrected chi connectivity index (χ0v) is 22.2. The number of methoxy groups -OCH3 is 1. The molecule has 8 atom stereocenters. The molecular formula is C29H39F2N3O3. The van der Waals surface area contributed by atoms with Crippen LogP contribution in [0.1, 0.15) is 71.6 Å². The van der Waals surface area contributed by atoms with Crippen LogP contribution < -0.4 is 0 Å². The van der Waals surface area contributed by atoms with Gasteiger partial charge in [-0.25, -0.2) is 13.5 Å². The summed E-state index contributed by atoms with van der Waals surface area (Å²) in [6.07, 6.45) is 9.03. The van der Waals surface area contributed by atoms with Gasteiger partial charge in [-0.15, -0.1) is 5.10 Å². The standard InChI is InChI=1S/C29H39F2N3O3/c1-27(36)12-13-29(16-37-3)17(14-27)4-5-18-19-6-7-21(28(19,2)11-10-20(18)29)24(35)15-34-23-9-8-22(30)25(31)26(23)32-33-34/h8-9,17-21,36H,4-7,10-16H2,1-3H3. The third kappa shape index (κ3) is 3.80. The summed E-state index contributed by atoms with van der Waals surface area (Å²) >= 11 is 0. The van der Waals surface area contributed by atoms with Crippen LogP contribution in [-0.4, -0.2) is 45.2 Å². The van der Waals surface area contributed by atoms with Crippen LogP contribution >= 0.6 is 0 Å². The van der Waals surface area contributed by atoms with E-state index in [4.69, 9.17) is 4.74 Å². The number of ether oxygens (including phenoxy) is 1. The van der Waals surface area contributed by atoms with E-state index < -0.39 is 17.2 Å². The van der Waals surface area contributed by atoms with E-state index in [1.54, 1.807) is 0 Å². The molecule has 0 radical (unpaired) electrons. The molecule has 1 heterocycles. The molecule has 4 fully saturated rings. The summed E-state index contributed by atoms with van der Waals surface area (Å²) in [5, 5.41) is 18.6. The number of halogens is 2. The van der Waals surface area contributed by atoms with Gasteiger partial charge >= 0.3 is 0 Å². The molecule has 4 saturated carbocycles. The van der Waals surface area contributed by atoms with E-state index in [1.807, 2.05) is 14.0 Å². The molecule has 1 N–H and O–H groups in total. The molecule has 0 amide bonds. The number of benzene rings is 1. The van der Waals surface area contributed by atoms with Gasteiger partial charge in [0.1, 0.15) is 6.54 Å². The van der Waals surface area contributed by atoms with E-state index in [2.05, 4.69) is 17.2 Å². The highest BCUT2D eigenvalue weighted by molar-refractivity contribution is 5.84. The number of rotatable bonds is 5. The van der Waals surface area contributed by atoms with Crippen LogP contribution in [0, 0.1) is 52.1 Å². The third-order valence-corrected chi connectivity index (χ3v) is 11.3. The minimum atomic E-state index is -1.02. The van der Waals surface area contributed by atoms with Crippen LogP contribution in [0.15, 0.2) is 12.1 Å². The summed E-state index contributed by atoms with van der Waals surface area (Å²) < 4.78 is 35.0. The van der Waals surface area contributed by atoms with Crippen molar-refractivity contribution in [2.45, 2.75) is 83.8 Å². The smallest absolute Gasteiger partial charge is 0.188 e. The van der Waals surface area contributed by atoms with Crippen LogP contribution in [0.4, 0.5) is 8.78 Å². The van der Waals surface area contributed by atoms with Crippen molar-refractivity contribution in [1.29, 1.82) is 0 Å². The summed E-state index contributed by atoms with van der Waals surface area (Å²) in [5.41, 5.74) is -0.294. The molecular weight excluding hydrogens is 476 g/mol. The predicted octanol–water partition coefficient (Wildman–Crippen LogP) is 5.32. The third-order valence-electron chi connectivity index (χ3n) is 11.3. The van der Waals surface area contributed by atoms with E-state index in [-0.39, 0.29) is 34.6 Å². The molecule has 0 spiro atoms. The van der Waals surface area contributed by atoms with Gasteiger partial charge in [0.15, 0.2) is 22.9 Å². The second-order valence-corrected chi connectivity index (χ2v) is 13.1. The van der Waals surface area contributed by atoms with Gasteiger partial charge in [0.2, 0.25) is 0 Å². The van der Waals surface area contributed by atoms with Gasteiger partial charge in [0.05, 0.1) is 17.7 Å². The lowest BCUT2D eigenvalue weighted by atomic mass is 9.43. The first kappa shape index (κ1) is 25.4. The molecule has 6 rings (SSSR count). The van der Waals surface area contributed by atoms with Gasteiger partial charge in [0, 0.05) is 13.0 Å². The van der Waals surface area contributed by atoms with E-state index in [0.717, 1.165) is 70.5 Å². The Balaban J connectivity index is 1.24. The van der Waals surface area contributed by atoms with Gasteiger partial charge in [-0.2, -0.15) is 0 Å². The zero-order valence-electron chi connectivity index (χ0n) is 22.2. The van der Waals surface area contributed by atoms with Crippen LogP contribution in [-0.2, 0) is 16.1 Å². The minimum Gasteiger partial charge on any atom is -0.390 e. The van der Waals surface area contributed by atoms with Crippen LogP contribution in [0.25, 0.3) is 11.0 Å². The highest BCUT2D eigenvalue weighted by Crippen LogP contribution is 2.68. The summed E-state index contributed by atoms with van der Waals surface area (Å²) in [6.45, 7) is 5.10. The Morgan fingerprint density at radius 2 is 1.92 bits per heavy atom. The first-order valence-corrected chi connectivity index (χ1v) is 14.0. The Morgan fingerprint density at radius 1 is 1.11 bits per heavy atom. The van der Waals surface area contributed by atoms with Crippen LogP contribution in [0.2, 0.25) is 0 Å². The number of hydrogen-bond acceptors (Lipinski definition) is 5. The molecule has 8 unspecified atom stereocenters. The number of fused-ring (bicyclic) bond motifs is 6. The first-order chi connectivity index (χ1) is 17.6. The molecule has 1 aromatic carbocycles. The van der Waals surface area contributed by atoms with Crippen molar-refractivity contribution in [1.82, 2.24) is 15.0 Å². The lowest BCUT2D eigenvalue weighted by Crippen LogP contribution is -2.58. The average Bonchev–Trinajstić information content (AvgIpc) is 3.42. The van der Waals surface area contributed by atoms with Crippen molar-refractivity contribution in [2.24, 2.45) is 40.4 Å². The van der Waals surface area contributed by atoms with Gasteiger partial charge in [-0.1, -0.05) is 12.1 Å². The van der Waals surface area contributed by atoms with Crippen molar-refractivity contribution in [3.63, 3.8) is 0 Å². The maximum absolute atomic E-state index is 14.1. The van der Waals surface area contributed by atoms with Gasteiger partial charge in [0.25, 0.3) is 0 Å². The minimum absolute atomic E-state index is 0.0351. The van der Waals surface area contributed by atoms with Crippen molar-refractivity contribution < 1.29 is 23.4 Å². The summed E-state index contributed by atoms with van der Waals surface area (Å²) in [7, 11) is 1.81. The molecule has 0 aliphatic heterocycles. The maximum Gasteiger partial charge on any atom is 0.188 e. The number of nitrogens with zero attached hydrogens (tertiary/aromatic N) is 3. The van der Waals surface area contributed by atoms with E-state index in [9.17, 15) is 18.7 Å². The molecule has 6 nitrogen and oxygen atoms in total. The largest absolute Gasteiger partial charge is 0.390 e. The van der Waals surface area contributed by atoms with Crippen LogP contribution in [0.3, 0.4) is 0 Å². The summed E-state index contributed by atoms with van der Waals surface area (Å²) in [5.74, 6) is 0.216. The molecule has 0 saturated heterocycles. The van der Waals surface area contributed by atoms with E-state index >= 15 is 0 Å². The number of carbonyl (C=O) groups excluding carboxylic acids is 1. The number of aliphatic hydroxyl groups is 1. The second kappa shape index (κ2) is 8.80. The summed E-state index contributed by atoms with van der Waals surface area (Å²) in [4.78, 5) is 13.7. The predicted molar refractivity (Wildman–Crippen MR) is 134 cm³/mol. The molecule has 202 valence electrons. The van der Waals surface area contributed by atoms with Crippen LogP contribution in [0.5, 0.6) is 0 Å². The molecule has 8 heteroatoms. The topological polar surface area (TPSA) is 77.2 Å². The fourth-order valence-electron chi connectivity index (χ4n) is 9.67. The molecule has 2 aromatic rings. The summed E-state index contributed by atoms with van der Waals surface area (Å²) in [6, 6.07) is 2.51. The van der Waals surface area contributed by atoms with E-state index in [1.165, 1.54) is 10.7 Å². The van der Waals surface area contributed by atoms with Crippen molar-refractivity contribution in [3.8, 4) is 0 Å². The zero-order chi connectivity index (χ0) is 26.2. The Hall–Kier alpha value is -1.93. The Morgan fingerprint density at radius 3 is 2.70 bits per heavy atom. The first-order valence-electron chi connectivity index (χ1n) is 14.0. The number of carbonyl (C=O) groups is 1. The number of Topliss-reactive ketones (excluding diaryl/α,β-unsaturated/α-hetero) is 1. The highest BCUT2D eigenvalue weighted by atomic mass is 19.2. The lowest BCUT2D eigenvalue weighted by Gasteiger charge is -2.62. The SMILES string of the molecule is COCC12CCC(C)(O)CC1CCC1C3CCC(C(=O)Cn4nnc5c(F)c(F)ccc54)C3(C)CCC12. The Labute approximate surface area is 217 Å². The number of hydrogen-bond donors (Lipinski definition) is 1. The van der Waals surface area contributed by atoms with Crippen molar-refractivity contribution in [2.75, 3.05) is 13.7 Å². The number of ketones is 1. The molecule has 4 aliphatic rings. The Bertz CT molecular complexity index is 1210. The monoisotopic (exact) mass is 515 g/mol. The Kier molecular flexibility index (Phi) is 6.03. The lowest BCUT2D eigenvalue weighted by molar-refractivity contribution is -0.175. The van der Waals surface area contributed by atoms with Gasteiger partial charge in [-0.05, 0) is 111 Å². The van der Waals surface area contributed by atoms with Crippen molar-refractivity contribution in [3.05, 3.63) is 23.8 Å².